The van der Waals surface area contributed by atoms with Crippen LogP contribution in [0.2, 0.25) is 0 Å². The zero-order chi connectivity index (χ0) is 15.3. The molecule has 124 valence electrons. The number of hydrogen-bond acceptors (Lipinski definition) is 4. The van der Waals surface area contributed by atoms with E-state index >= 15 is 0 Å². The van der Waals surface area contributed by atoms with E-state index in [0.717, 1.165) is 26.1 Å². The molecule has 1 atom stereocenters. The average Bonchev–Trinajstić information content (AvgIpc) is 2.43. The molecule has 1 saturated carbocycles. The summed E-state index contributed by atoms with van der Waals surface area (Å²) in [4.78, 5) is 2.63. The van der Waals surface area contributed by atoms with Gasteiger partial charge in [0.15, 0.2) is 0 Å². The first kappa shape index (κ1) is 17.2. The highest BCUT2D eigenvalue weighted by Gasteiger charge is 2.41. The van der Waals surface area contributed by atoms with E-state index in [0.29, 0.717) is 17.3 Å². The van der Waals surface area contributed by atoms with Crippen molar-refractivity contribution in [1.29, 1.82) is 0 Å². The van der Waals surface area contributed by atoms with E-state index in [4.69, 9.17) is 0 Å². The molecule has 5 heteroatoms. The normalized spacial score (nSPS) is 27.0. The molecular formula is C16H32N2O2S. The Bertz CT molecular complexity index is 416. The number of nitrogens with zero attached hydrogens (tertiary/aromatic N) is 1. The van der Waals surface area contributed by atoms with Crippen molar-refractivity contribution in [3.05, 3.63) is 0 Å². The van der Waals surface area contributed by atoms with Crippen LogP contribution < -0.4 is 5.32 Å². The fraction of sp³-hybridized carbons (Fsp3) is 1.00. The largest absolute Gasteiger partial charge is 0.311 e. The van der Waals surface area contributed by atoms with Gasteiger partial charge in [0.25, 0.3) is 0 Å². The maximum atomic E-state index is 11.4. The highest BCUT2D eigenvalue weighted by Crippen LogP contribution is 2.35. The summed E-state index contributed by atoms with van der Waals surface area (Å²) in [5, 5.41) is 3.76. The molecule has 21 heavy (non-hydrogen) atoms. The van der Waals surface area contributed by atoms with Crippen LogP contribution in [-0.2, 0) is 9.84 Å². The Morgan fingerprint density at radius 1 is 1.24 bits per heavy atom. The first-order chi connectivity index (χ1) is 9.95. The Morgan fingerprint density at radius 3 is 2.57 bits per heavy atom. The van der Waals surface area contributed by atoms with Crippen LogP contribution in [-0.4, -0.2) is 56.5 Å². The highest BCUT2D eigenvalue weighted by atomic mass is 32.2. The van der Waals surface area contributed by atoms with Crippen molar-refractivity contribution in [2.24, 2.45) is 0 Å². The molecule has 0 aromatic carbocycles. The van der Waals surface area contributed by atoms with Crippen molar-refractivity contribution in [2.75, 3.05) is 31.6 Å². The standard InChI is InChI=1S/C16H32N2O2S/c1-3-8-15-13-18(11-7-12-21(2,19)20)16(14-17-15)9-5-4-6-10-16/h15,17H,3-14H2,1-2H3. The molecule has 2 rings (SSSR count). The molecule has 1 spiro atoms. The van der Waals surface area contributed by atoms with Gasteiger partial charge in [-0.25, -0.2) is 8.42 Å². The number of nitrogens with one attached hydrogen (secondary N) is 1. The van der Waals surface area contributed by atoms with Gasteiger partial charge in [-0.15, -0.1) is 0 Å². The lowest BCUT2D eigenvalue weighted by atomic mass is 9.78. The number of hydrogen-bond donors (Lipinski definition) is 1. The Labute approximate surface area is 130 Å². The first-order valence-electron chi connectivity index (χ1n) is 8.61. The van der Waals surface area contributed by atoms with Crippen LogP contribution in [0.15, 0.2) is 0 Å². The molecule has 1 N–H and O–H groups in total. The minimum atomic E-state index is -2.83. The lowest BCUT2D eigenvalue weighted by Gasteiger charge is -2.52. The lowest BCUT2D eigenvalue weighted by Crippen LogP contribution is -2.65. The maximum Gasteiger partial charge on any atom is 0.147 e. The third-order valence-electron chi connectivity index (χ3n) is 5.20. The molecule has 0 aromatic heterocycles. The summed E-state index contributed by atoms with van der Waals surface area (Å²) in [6, 6.07) is 0.584. The van der Waals surface area contributed by atoms with Crippen LogP contribution in [0.5, 0.6) is 0 Å². The molecule has 1 heterocycles. The van der Waals surface area contributed by atoms with E-state index < -0.39 is 9.84 Å². The van der Waals surface area contributed by atoms with Crippen LogP contribution in [0.3, 0.4) is 0 Å². The fourth-order valence-corrected chi connectivity index (χ4v) is 4.71. The monoisotopic (exact) mass is 316 g/mol. The zero-order valence-corrected chi connectivity index (χ0v) is 14.6. The van der Waals surface area contributed by atoms with Gasteiger partial charge in [0.2, 0.25) is 0 Å². The van der Waals surface area contributed by atoms with Crippen LogP contribution in [0.25, 0.3) is 0 Å². The Balaban J connectivity index is 1.98. The molecule has 1 unspecified atom stereocenters. The van der Waals surface area contributed by atoms with E-state index in [-0.39, 0.29) is 0 Å². The van der Waals surface area contributed by atoms with E-state index in [1.165, 1.54) is 51.2 Å². The summed E-state index contributed by atoms with van der Waals surface area (Å²) in [6.07, 6.45) is 11.1. The van der Waals surface area contributed by atoms with Gasteiger partial charge in [-0.2, -0.15) is 0 Å². The minimum absolute atomic E-state index is 0.306. The predicted octanol–water partition coefficient (Wildman–Crippen LogP) is 2.20. The minimum Gasteiger partial charge on any atom is -0.311 e. The fourth-order valence-electron chi connectivity index (χ4n) is 4.06. The summed E-state index contributed by atoms with van der Waals surface area (Å²) < 4.78 is 22.8. The molecule has 4 nitrogen and oxygen atoms in total. The van der Waals surface area contributed by atoms with Crippen LogP contribution in [0, 0.1) is 0 Å². The first-order valence-corrected chi connectivity index (χ1v) is 10.7. The molecule has 2 fully saturated rings. The average molecular weight is 317 g/mol. The smallest absolute Gasteiger partial charge is 0.147 e. The zero-order valence-electron chi connectivity index (χ0n) is 13.7. The van der Waals surface area contributed by atoms with Gasteiger partial charge in [0, 0.05) is 30.9 Å². The Kier molecular flexibility index (Phi) is 6.09. The SMILES string of the molecule is CCCC1CN(CCCS(C)(=O)=O)C2(CCCCC2)CN1. The number of rotatable bonds is 6. The van der Waals surface area contributed by atoms with Crippen molar-refractivity contribution >= 4 is 9.84 Å². The second-order valence-electron chi connectivity index (χ2n) is 7.08. The summed E-state index contributed by atoms with van der Waals surface area (Å²) in [5.74, 6) is 0.325. The second kappa shape index (κ2) is 7.42. The van der Waals surface area contributed by atoms with Crippen LogP contribution in [0.4, 0.5) is 0 Å². The van der Waals surface area contributed by atoms with Gasteiger partial charge in [-0.05, 0) is 32.2 Å². The third kappa shape index (κ3) is 4.93. The Hall–Kier alpha value is -0.130. The third-order valence-corrected chi connectivity index (χ3v) is 6.23. The van der Waals surface area contributed by atoms with Crippen LogP contribution in [0.1, 0.15) is 58.3 Å². The molecule has 2 aliphatic rings. The van der Waals surface area contributed by atoms with Crippen molar-refractivity contribution in [3.8, 4) is 0 Å². The lowest BCUT2D eigenvalue weighted by molar-refractivity contribution is 0.00871. The molecule has 1 saturated heterocycles. The van der Waals surface area contributed by atoms with Gasteiger partial charge in [0.05, 0.1) is 5.75 Å². The summed E-state index contributed by atoms with van der Waals surface area (Å²) >= 11 is 0. The topological polar surface area (TPSA) is 49.4 Å². The molecule has 1 aliphatic carbocycles. The van der Waals surface area contributed by atoms with Crippen molar-refractivity contribution in [2.45, 2.75) is 69.9 Å². The molecular weight excluding hydrogens is 284 g/mol. The van der Waals surface area contributed by atoms with Gasteiger partial charge in [-0.1, -0.05) is 32.6 Å². The molecule has 0 amide bonds. The summed E-state index contributed by atoms with van der Waals surface area (Å²) in [6.45, 7) is 5.36. The van der Waals surface area contributed by atoms with E-state index in [9.17, 15) is 8.42 Å². The number of sulfone groups is 1. The molecule has 1 aliphatic heterocycles. The van der Waals surface area contributed by atoms with E-state index in [1.54, 1.807) is 0 Å². The second-order valence-corrected chi connectivity index (χ2v) is 9.34. The predicted molar refractivity (Wildman–Crippen MR) is 88.4 cm³/mol. The molecule has 0 bridgehead atoms. The number of piperazine rings is 1. The van der Waals surface area contributed by atoms with Gasteiger partial charge in [-0.3, -0.25) is 4.90 Å². The van der Waals surface area contributed by atoms with Crippen molar-refractivity contribution < 1.29 is 8.42 Å². The highest BCUT2D eigenvalue weighted by molar-refractivity contribution is 7.90. The molecule has 0 radical (unpaired) electrons. The maximum absolute atomic E-state index is 11.4. The van der Waals surface area contributed by atoms with Gasteiger partial charge in [0.1, 0.15) is 9.84 Å². The Morgan fingerprint density at radius 2 is 1.95 bits per heavy atom. The van der Waals surface area contributed by atoms with E-state index in [1.807, 2.05) is 0 Å². The quantitative estimate of drug-likeness (QED) is 0.816. The van der Waals surface area contributed by atoms with Crippen LogP contribution >= 0.6 is 0 Å². The van der Waals surface area contributed by atoms with Crippen molar-refractivity contribution in [1.82, 2.24) is 10.2 Å². The summed E-state index contributed by atoms with van der Waals surface area (Å²) in [5.41, 5.74) is 0.306. The van der Waals surface area contributed by atoms with Gasteiger partial charge >= 0.3 is 0 Å². The van der Waals surface area contributed by atoms with Gasteiger partial charge < -0.3 is 5.32 Å². The van der Waals surface area contributed by atoms with Crippen molar-refractivity contribution in [3.63, 3.8) is 0 Å². The molecule has 0 aromatic rings. The summed E-state index contributed by atoms with van der Waals surface area (Å²) in [7, 11) is -2.83. The van der Waals surface area contributed by atoms with E-state index in [2.05, 4.69) is 17.1 Å².